The van der Waals surface area contributed by atoms with E-state index in [4.69, 9.17) is 15.7 Å². The predicted octanol–water partition coefficient (Wildman–Crippen LogP) is 1.38. The first-order valence-electron chi connectivity index (χ1n) is 5.94. The molecule has 0 heterocycles. The van der Waals surface area contributed by atoms with Crippen molar-refractivity contribution in [3.05, 3.63) is 0 Å². The molecule has 1 aliphatic carbocycles. The van der Waals surface area contributed by atoms with Gasteiger partial charge in [0.05, 0.1) is 6.61 Å². The second-order valence-corrected chi connectivity index (χ2v) is 4.74. The van der Waals surface area contributed by atoms with Gasteiger partial charge in [-0.15, -0.1) is 0 Å². The average Bonchev–Trinajstić information content (AvgIpc) is 3.10. The highest BCUT2D eigenvalue weighted by atomic mass is 16.6. The summed E-state index contributed by atoms with van der Waals surface area (Å²) >= 11 is 0. The molecule has 0 aliphatic heterocycles. The van der Waals surface area contributed by atoms with Crippen LogP contribution in [0.2, 0.25) is 0 Å². The van der Waals surface area contributed by atoms with Crippen molar-refractivity contribution in [2.24, 2.45) is 16.8 Å². The quantitative estimate of drug-likeness (QED) is 0.319. The SMILES string of the molecule is CC(C)COC(=O)N(CCC(N)=NO)C1CC1. The minimum absolute atomic E-state index is 0.132. The first-order valence-corrected chi connectivity index (χ1v) is 5.94. The van der Waals surface area contributed by atoms with Gasteiger partial charge < -0.3 is 20.6 Å². The Kier molecular flexibility index (Phi) is 5.06. The standard InChI is InChI=1S/C11H21N3O3/c1-8(2)7-17-11(15)14(9-3-4-9)6-5-10(12)13-16/h8-9,16H,3-7H2,1-2H3,(H2,12,13). The monoisotopic (exact) mass is 243 g/mol. The van der Waals surface area contributed by atoms with Gasteiger partial charge in [-0.3, -0.25) is 0 Å². The summed E-state index contributed by atoms with van der Waals surface area (Å²) in [5, 5.41) is 11.3. The van der Waals surface area contributed by atoms with Gasteiger partial charge in [0, 0.05) is 19.0 Å². The smallest absolute Gasteiger partial charge is 0.410 e. The van der Waals surface area contributed by atoms with Crippen LogP contribution >= 0.6 is 0 Å². The molecular formula is C11H21N3O3. The Balaban J connectivity index is 2.39. The van der Waals surface area contributed by atoms with Crippen LogP contribution in [0.5, 0.6) is 0 Å². The van der Waals surface area contributed by atoms with E-state index in [0.717, 1.165) is 12.8 Å². The summed E-state index contributed by atoms with van der Waals surface area (Å²) in [7, 11) is 0. The highest BCUT2D eigenvalue weighted by molar-refractivity contribution is 5.80. The summed E-state index contributed by atoms with van der Waals surface area (Å²) in [5.41, 5.74) is 5.39. The van der Waals surface area contributed by atoms with Crippen LogP contribution in [-0.2, 0) is 4.74 Å². The molecule has 1 fully saturated rings. The number of amidine groups is 1. The molecule has 1 amide bonds. The van der Waals surface area contributed by atoms with Gasteiger partial charge in [-0.2, -0.15) is 0 Å². The zero-order chi connectivity index (χ0) is 12.8. The van der Waals surface area contributed by atoms with Gasteiger partial charge in [0.2, 0.25) is 0 Å². The lowest BCUT2D eigenvalue weighted by molar-refractivity contribution is 0.0904. The minimum Gasteiger partial charge on any atom is -0.449 e. The third-order valence-corrected chi connectivity index (χ3v) is 2.50. The van der Waals surface area contributed by atoms with Crippen molar-refractivity contribution in [3.63, 3.8) is 0 Å². The topological polar surface area (TPSA) is 88.2 Å². The van der Waals surface area contributed by atoms with Crippen molar-refractivity contribution >= 4 is 11.9 Å². The molecule has 3 N–H and O–H groups in total. The molecule has 0 unspecified atom stereocenters. The van der Waals surface area contributed by atoms with Gasteiger partial charge in [0.25, 0.3) is 0 Å². The molecule has 0 bridgehead atoms. The molecule has 0 aromatic heterocycles. The van der Waals surface area contributed by atoms with E-state index in [2.05, 4.69) is 5.16 Å². The van der Waals surface area contributed by atoms with E-state index < -0.39 is 0 Å². The van der Waals surface area contributed by atoms with Crippen molar-refractivity contribution in [2.75, 3.05) is 13.2 Å². The van der Waals surface area contributed by atoms with Gasteiger partial charge in [0.15, 0.2) is 0 Å². The van der Waals surface area contributed by atoms with Crippen molar-refractivity contribution in [2.45, 2.75) is 39.2 Å². The first kappa shape index (κ1) is 13.6. The Morgan fingerprint density at radius 1 is 1.59 bits per heavy atom. The number of nitrogens with two attached hydrogens (primary N) is 1. The summed E-state index contributed by atoms with van der Waals surface area (Å²) in [6, 6.07) is 0.265. The number of carbonyl (C=O) groups is 1. The van der Waals surface area contributed by atoms with Crippen LogP contribution in [0.3, 0.4) is 0 Å². The van der Waals surface area contributed by atoms with Crippen LogP contribution in [0.4, 0.5) is 4.79 Å². The molecule has 1 aliphatic rings. The molecule has 6 nitrogen and oxygen atoms in total. The number of oxime groups is 1. The Labute approximate surface area is 101 Å². The number of nitrogens with zero attached hydrogens (tertiary/aromatic N) is 2. The van der Waals surface area contributed by atoms with E-state index in [1.54, 1.807) is 4.90 Å². The van der Waals surface area contributed by atoms with E-state index in [0.29, 0.717) is 25.5 Å². The zero-order valence-corrected chi connectivity index (χ0v) is 10.4. The fourth-order valence-corrected chi connectivity index (χ4v) is 1.42. The summed E-state index contributed by atoms with van der Waals surface area (Å²) in [6.45, 7) is 4.85. The molecule has 17 heavy (non-hydrogen) atoms. The van der Waals surface area contributed by atoms with Gasteiger partial charge >= 0.3 is 6.09 Å². The van der Waals surface area contributed by atoms with Gasteiger partial charge in [-0.25, -0.2) is 4.79 Å². The third-order valence-electron chi connectivity index (χ3n) is 2.50. The van der Waals surface area contributed by atoms with E-state index in [-0.39, 0.29) is 18.0 Å². The lowest BCUT2D eigenvalue weighted by Gasteiger charge is -2.22. The predicted molar refractivity (Wildman–Crippen MR) is 63.9 cm³/mol. The van der Waals surface area contributed by atoms with Crippen molar-refractivity contribution in [1.29, 1.82) is 0 Å². The highest BCUT2D eigenvalue weighted by Crippen LogP contribution is 2.27. The maximum absolute atomic E-state index is 11.8. The molecule has 0 aromatic rings. The number of hydrogen-bond acceptors (Lipinski definition) is 4. The minimum atomic E-state index is -0.299. The molecule has 6 heteroatoms. The number of rotatable bonds is 6. The lowest BCUT2D eigenvalue weighted by atomic mass is 10.2. The molecule has 1 rings (SSSR count). The Morgan fingerprint density at radius 2 is 2.24 bits per heavy atom. The molecule has 1 saturated carbocycles. The average molecular weight is 243 g/mol. The van der Waals surface area contributed by atoms with E-state index in [1.807, 2.05) is 13.8 Å². The number of ether oxygens (including phenoxy) is 1. The van der Waals surface area contributed by atoms with E-state index >= 15 is 0 Å². The summed E-state index contributed by atoms with van der Waals surface area (Å²) < 4.78 is 5.18. The largest absolute Gasteiger partial charge is 0.449 e. The number of amides is 1. The second kappa shape index (κ2) is 6.32. The summed E-state index contributed by atoms with van der Waals surface area (Å²) in [6.07, 6.45) is 2.08. The maximum atomic E-state index is 11.8. The third kappa shape index (κ3) is 4.93. The molecule has 0 saturated heterocycles. The maximum Gasteiger partial charge on any atom is 0.410 e. The van der Waals surface area contributed by atoms with E-state index in [1.165, 1.54) is 0 Å². The van der Waals surface area contributed by atoms with Crippen LogP contribution in [0, 0.1) is 5.92 Å². The van der Waals surface area contributed by atoms with Crippen LogP contribution in [0.15, 0.2) is 5.16 Å². The Hall–Kier alpha value is -1.46. The van der Waals surface area contributed by atoms with Crippen LogP contribution in [0.25, 0.3) is 0 Å². The van der Waals surface area contributed by atoms with Crippen molar-refractivity contribution in [1.82, 2.24) is 4.90 Å². The highest BCUT2D eigenvalue weighted by Gasteiger charge is 2.33. The Bertz CT molecular complexity index is 288. The van der Waals surface area contributed by atoms with Gasteiger partial charge in [0.1, 0.15) is 5.84 Å². The van der Waals surface area contributed by atoms with Gasteiger partial charge in [-0.05, 0) is 18.8 Å². The summed E-state index contributed by atoms with van der Waals surface area (Å²) in [4.78, 5) is 13.5. The van der Waals surface area contributed by atoms with Crippen LogP contribution in [-0.4, -0.2) is 41.2 Å². The van der Waals surface area contributed by atoms with E-state index in [9.17, 15) is 4.79 Å². The Morgan fingerprint density at radius 3 is 2.71 bits per heavy atom. The molecule has 0 atom stereocenters. The zero-order valence-electron chi connectivity index (χ0n) is 10.4. The number of carbonyl (C=O) groups excluding carboxylic acids is 1. The molecule has 98 valence electrons. The molecule has 0 radical (unpaired) electrons. The first-order chi connectivity index (χ1) is 8.04. The second-order valence-electron chi connectivity index (χ2n) is 4.74. The van der Waals surface area contributed by atoms with Crippen LogP contribution in [0.1, 0.15) is 33.1 Å². The fourth-order valence-electron chi connectivity index (χ4n) is 1.42. The van der Waals surface area contributed by atoms with Crippen molar-refractivity contribution < 1.29 is 14.7 Å². The van der Waals surface area contributed by atoms with Crippen LogP contribution < -0.4 is 5.73 Å². The molecule has 0 aromatic carbocycles. The molecular weight excluding hydrogens is 222 g/mol. The fraction of sp³-hybridized carbons (Fsp3) is 0.818. The van der Waals surface area contributed by atoms with Crippen molar-refractivity contribution in [3.8, 4) is 0 Å². The summed E-state index contributed by atoms with van der Waals surface area (Å²) in [5.74, 6) is 0.455. The molecule has 0 spiro atoms. The normalized spacial score (nSPS) is 16.1. The lowest BCUT2D eigenvalue weighted by Crippen LogP contribution is -2.36. The van der Waals surface area contributed by atoms with Gasteiger partial charge in [-0.1, -0.05) is 19.0 Å². The number of hydrogen-bond donors (Lipinski definition) is 2.